The summed E-state index contributed by atoms with van der Waals surface area (Å²) in [5.74, 6) is 0.442. The first kappa shape index (κ1) is 15.0. The number of nitrogens with one attached hydrogen (secondary N) is 1. The summed E-state index contributed by atoms with van der Waals surface area (Å²) >= 11 is 0. The molecule has 0 fully saturated rings. The molecule has 1 heterocycles. The van der Waals surface area contributed by atoms with Gasteiger partial charge in [0.05, 0.1) is 11.9 Å². The highest BCUT2D eigenvalue weighted by molar-refractivity contribution is 5.94. The van der Waals surface area contributed by atoms with E-state index in [4.69, 9.17) is 4.74 Å². The number of aromatic nitrogens is 1. The lowest BCUT2D eigenvalue weighted by atomic mass is 9.88. The maximum Gasteiger partial charge on any atom is 0.230 e. The van der Waals surface area contributed by atoms with Gasteiger partial charge >= 0.3 is 0 Å². The van der Waals surface area contributed by atoms with Gasteiger partial charge in [0.25, 0.3) is 0 Å². The minimum absolute atomic E-state index is 0.0611. The molecule has 0 aliphatic heterocycles. The Morgan fingerprint density at radius 2 is 2.16 bits per heavy atom. The highest BCUT2D eigenvalue weighted by atomic mass is 16.5. The summed E-state index contributed by atoms with van der Waals surface area (Å²) in [6.45, 7) is 11.4. The molecule has 0 aromatic carbocycles. The lowest BCUT2D eigenvalue weighted by molar-refractivity contribution is -0.123. The Morgan fingerprint density at radius 3 is 2.68 bits per heavy atom. The van der Waals surface area contributed by atoms with Crippen molar-refractivity contribution in [1.82, 2.24) is 4.98 Å². The molecule has 0 spiro atoms. The first-order valence-corrected chi connectivity index (χ1v) is 6.11. The van der Waals surface area contributed by atoms with Crippen molar-refractivity contribution in [3.8, 4) is 5.88 Å². The van der Waals surface area contributed by atoms with Gasteiger partial charge in [0.2, 0.25) is 11.8 Å². The fourth-order valence-corrected chi connectivity index (χ4v) is 1.44. The van der Waals surface area contributed by atoms with Crippen LogP contribution in [-0.4, -0.2) is 17.5 Å². The average Bonchev–Trinajstić information content (AvgIpc) is 2.38. The zero-order valence-electron chi connectivity index (χ0n) is 11.5. The molecule has 0 aliphatic rings. The number of allylic oxidation sites excluding steroid dienone is 1. The normalized spacial score (nSPS) is 10.6. The number of ether oxygens (including phenoxy) is 1. The van der Waals surface area contributed by atoms with Crippen molar-refractivity contribution in [2.75, 3.05) is 11.9 Å². The second-order valence-corrected chi connectivity index (χ2v) is 4.82. The van der Waals surface area contributed by atoms with Gasteiger partial charge in [0, 0.05) is 11.5 Å². The van der Waals surface area contributed by atoms with E-state index in [2.05, 4.69) is 23.5 Å². The molecule has 1 aromatic heterocycles. The number of amides is 1. The van der Waals surface area contributed by atoms with Gasteiger partial charge in [0.1, 0.15) is 6.61 Å². The monoisotopic (exact) mass is 260 g/mol. The number of hydrogen-bond acceptors (Lipinski definition) is 3. The minimum Gasteiger partial charge on any atom is -0.473 e. The van der Waals surface area contributed by atoms with Crippen LogP contribution in [-0.2, 0) is 4.79 Å². The largest absolute Gasteiger partial charge is 0.473 e. The van der Waals surface area contributed by atoms with Crippen LogP contribution in [0.5, 0.6) is 5.88 Å². The van der Waals surface area contributed by atoms with Crippen LogP contribution in [0.4, 0.5) is 5.69 Å². The van der Waals surface area contributed by atoms with Gasteiger partial charge < -0.3 is 10.1 Å². The van der Waals surface area contributed by atoms with Crippen molar-refractivity contribution < 1.29 is 9.53 Å². The Labute approximate surface area is 114 Å². The number of carbonyl (C=O) groups is 1. The summed E-state index contributed by atoms with van der Waals surface area (Å²) in [7, 11) is 0. The first-order valence-electron chi connectivity index (χ1n) is 6.11. The van der Waals surface area contributed by atoms with Gasteiger partial charge in [-0.3, -0.25) is 4.79 Å². The van der Waals surface area contributed by atoms with Crippen molar-refractivity contribution >= 4 is 11.6 Å². The van der Waals surface area contributed by atoms with E-state index < -0.39 is 5.41 Å². The highest BCUT2D eigenvalue weighted by Crippen LogP contribution is 2.23. The molecule has 4 nitrogen and oxygen atoms in total. The Morgan fingerprint density at radius 1 is 1.42 bits per heavy atom. The number of rotatable bonds is 7. The molecule has 0 saturated carbocycles. The van der Waals surface area contributed by atoms with E-state index in [1.165, 1.54) is 0 Å². The topological polar surface area (TPSA) is 51.2 Å². The standard InChI is InChI=1S/C15H20N2O2/c1-5-9-15(3,4)14(18)17-12-7-8-13(16-11-12)19-10-6-2/h5-8,11H,1-2,9-10H2,3-4H3,(H,17,18). The van der Waals surface area contributed by atoms with Crippen LogP contribution in [0.1, 0.15) is 20.3 Å². The quantitative estimate of drug-likeness (QED) is 0.766. The van der Waals surface area contributed by atoms with Gasteiger partial charge in [0.15, 0.2) is 0 Å². The van der Waals surface area contributed by atoms with Gasteiger partial charge in [-0.15, -0.1) is 6.58 Å². The van der Waals surface area contributed by atoms with Crippen molar-refractivity contribution in [1.29, 1.82) is 0 Å². The molecule has 0 radical (unpaired) electrons. The summed E-state index contributed by atoms with van der Waals surface area (Å²) in [6.07, 6.45) is 5.58. The predicted molar refractivity (Wildman–Crippen MR) is 77.2 cm³/mol. The highest BCUT2D eigenvalue weighted by Gasteiger charge is 2.25. The second kappa shape index (κ2) is 6.73. The number of nitrogens with zero attached hydrogens (tertiary/aromatic N) is 1. The fraction of sp³-hybridized carbons (Fsp3) is 0.333. The van der Waals surface area contributed by atoms with Gasteiger partial charge in [-0.05, 0) is 12.5 Å². The maximum absolute atomic E-state index is 12.0. The molecule has 4 heteroatoms. The van der Waals surface area contributed by atoms with E-state index in [-0.39, 0.29) is 5.91 Å². The molecule has 1 rings (SSSR count). The van der Waals surface area contributed by atoms with Crippen LogP contribution in [0.15, 0.2) is 43.6 Å². The summed E-state index contributed by atoms with van der Waals surface area (Å²) in [6, 6.07) is 3.47. The molecular weight excluding hydrogens is 240 g/mol. The molecule has 19 heavy (non-hydrogen) atoms. The molecular formula is C15H20N2O2. The fourth-order valence-electron chi connectivity index (χ4n) is 1.44. The molecule has 1 N–H and O–H groups in total. The van der Waals surface area contributed by atoms with E-state index in [0.29, 0.717) is 24.6 Å². The zero-order chi connectivity index (χ0) is 14.3. The van der Waals surface area contributed by atoms with Crippen LogP contribution in [0.25, 0.3) is 0 Å². The Hall–Kier alpha value is -2.10. The molecule has 0 saturated heterocycles. The molecule has 0 aliphatic carbocycles. The molecule has 0 unspecified atom stereocenters. The lowest BCUT2D eigenvalue weighted by Crippen LogP contribution is -2.30. The van der Waals surface area contributed by atoms with Crippen molar-refractivity contribution in [3.63, 3.8) is 0 Å². The van der Waals surface area contributed by atoms with Crippen molar-refractivity contribution in [2.45, 2.75) is 20.3 Å². The zero-order valence-corrected chi connectivity index (χ0v) is 11.5. The average molecular weight is 260 g/mol. The van der Waals surface area contributed by atoms with Crippen molar-refractivity contribution in [2.24, 2.45) is 5.41 Å². The summed E-state index contributed by atoms with van der Waals surface area (Å²) in [4.78, 5) is 16.1. The molecule has 0 atom stereocenters. The van der Waals surface area contributed by atoms with Crippen molar-refractivity contribution in [3.05, 3.63) is 43.6 Å². The number of anilines is 1. The van der Waals surface area contributed by atoms with Crippen LogP contribution in [0, 0.1) is 5.41 Å². The van der Waals surface area contributed by atoms with Crippen LogP contribution in [0.3, 0.4) is 0 Å². The number of carbonyl (C=O) groups excluding carboxylic acids is 1. The first-order chi connectivity index (χ1) is 8.99. The Bertz CT molecular complexity index is 450. The predicted octanol–water partition coefficient (Wildman–Crippen LogP) is 3.19. The van der Waals surface area contributed by atoms with Gasteiger partial charge in [-0.2, -0.15) is 0 Å². The third-order valence-electron chi connectivity index (χ3n) is 2.61. The summed E-state index contributed by atoms with van der Waals surface area (Å²) in [5.41, 5.74) is 0.160. The molecule has 1 amide bonds. The molecule has 1 aromatic rings. The third-order valence-corrected chi connectivity index (χ3v) is 2.61. The minimum atomic E-state index is -0.486. The van der Waals surface area contributed by atoms with E-state index in [1.807, 2.05) is 13.8 Å². The van der Waals surface area contributed by atoms with E-state index in [9.17, 15) is 4.79 Å². The van der Waals surface area contributed by atoms with Crippen LogP contribution < -0.4 is 10.1 Å². The lowest BCUT2D eigenvalue weighted by Gasteiger charge is -2.21. The number of hydrogen-bond donors (Lipinski definition) is 1. The molecule has 0 bridgehead atoms. The number of pyridine rings is 1. The summed E-state index contributed by atoms with van der Waals surface area (Å²) < 4.78 is 5.27. The van der Waals surface area contributed by atoms with E-state index in [1.54, 1.807) is 30.5 Å². The van der Waals surface area contributed by atoms with Gasteiger partial charge in [-0.25, -0.2) is 4.98 Å². The smallest absolute Gasteiger partial charge is 0.230 e. The summed E-state index contributed by atoms with van der Waals surface area (Å²) in [5, 5.41) is 2.83. The van der Waals surface area contributed by atoms with E-state index in [0.717, 1.165) is 0 Å². The van der Waals surface area contributed by atoms with Crippen LogP contribution in [0.2, 0.25) is 0 Å². The van der Waals surface area contributed by atoms with Gasteiger partial charge in [-0.1, -0.05) is 32.6 Å². The Balaban J connectivity index is 2.64. The van der Waals surface area contributed by atoms with Crippen LogP contribution >= 0.6 is 0 Å². The third kappa shape index (κ3) is 4.58. The SMILES string of the molecule is C=CCOc1ccc(NC(=O)C(C)(C)CC=C)cn1. The maximum atomic E-state index is 12.0. The second-order valence-electron chi connectivity index (χ2n) is 4.82. The van der Waals surface area contributed by atoms with E-state index >= 15 is 0 Å². The molecule has 102 valence electrons. The Kier molecular flexibility index (Phi) is 5.30.